The van der Waals surface area contributed by atoms with E-state index in [-0.39, 0.29) is 0 Å². The van der Waals surface area contributed by atoms with Crippen LogP contribution in [0.25, 0.3) is 10.2 Å². The lowest BCUT2D eigenvalue weighted by molar-refractivity contribution is 0.205. The van der Waals surface area contributed by atoms with Crippen LogP contribution in [0.3, 0.4) is 0 Å². The number of aromatic nitrogens is 1. The summed E-state index contributed by atoms with van der Waals surface area (Å²) in [5, 5.41) is 0. The van der Waals surface area contributed by atoms with Crippen molar-refractivity contribution in [3.63, 3.8) is 0 Å². The lowest BCUT2D eigenvalue weighted by Crippen LogP contribution is -2.26. The number of hydrogen-bond acceptors (Lipinski definition) is 4. The van der Waals surface area contributed by atoms with E-state index in [0.29, 0.717) is 6.04 Å². The van der Waals surface area contributed by atoms with Crippen molar-refractivity contribution in [1.82, 2.24) is 9.88 Å². The van der Waals surface area contributed by atoms with Gasteiger partial charge in [-0.15, -0.1) is 11.3 Å². The molecule has 144 valence electrons. The van der Waals surface area contributed by atoms with Crippen LogP contribution in [-0.4, -0.2) is 26.9 Å². The molecule has 3 aromatic rings. The predicted octanol–water partition coefficient (Wildman–Crippen LogP) is 5.57. The Morgan fingerprint density at radius 3 is 2.74 bits per heavy atom. The molecule has 1 aliphatic heterocycles. The summed E-state index contributed by atoms with van der Waals surface area (Å²) in [6.45, 7) is 8.31. The third kappa shape index (κ3) is 4.48. The Morgan fingerprint density at radius 2 is 1.96 bits per heavy atom. The molecule has 0 bridgehead atoms. The summed E-state index contributed by atoms with van der Waals surface area (Å²) in [4.78, 5) is 7.94. The summed E-state index contributed by atoms with van der Waals surface area (Å²) in [6.07, 6.45) is 3.95. The van der Waals surface area contributed by atoms with Gasteiger partial charge in [0.2, 0.25) is 0 Å². The van der Waals surface area contributed by atoms with Crippen molar-refractivity contribution in [1.29, 1.82) is 0 Å². The van der Waals surface area contributed by atoms with E-state index in [1.54, 1.807) is 17.6 Å². The first-order valence-electron chi connectivity index (χ1n) is 9.64. The number of aryl methyl sites for hydroxylation is 1. The molecule has 2 aromatic carbocycles. The average Bonchev–Trinajstić information content (AvgIpc) is 3.06. The van der Waals surface area contributed by atoms with Gasteiger partial charge in [-0.25, -0.2) is 4.98 Å². The molecule has 0 fully saturated rings. The molecule has 0 amide bonds. The van der Waals surface area contributed by atoms with Crippen molar-refractivity contribution in [2.24, 2.45) is 0 Å². The zero-order valence-electron chi connectivity index (χ0n) is 16.6. The third-order valence-electron chi connectivity index (χ3n) is 5.16. The van der Waals surface area contributed by atoms with E-state index in [0.717, 1.165) is 36.3 Å². The van der Waals surface area contributed by atoms with Crippen LogP contribution < -0.4 is 0 Å². The molecular weight excluding hydrogens is 372 g/mol. The lowest BCUT2D eigenvalue weighted by Gasteiger charge is -2.28. The minimum atomic E-state index is -0.909. The van der Waals surface area contributed by atoms with Gasteiger partial charge < -0.3 is 0 Å². The highest BCUT2D eigenvalue weighted by atomic mass is 32.2. The fraction of sp³-hybridized carbons (Fsp3) is 0.409. The second-order valence-electron chi connectivity index (χ2n) is 6.71. The van der Waals surface area contributed by atoms with Crippen LogP contribution in [0.2, 0.25) is 0 Å². The monoisotopic (exact) mass is 400 g/mol. The maximum Gasteiger partial charge on any atom is 0.0815 e. The van der Waals surface area contributed by atoms with E-state index in [1.165, 1.54) is 21.4 Å². The van der Waals surface area contributed by atoms with Crippen LogP contribution in [0.4, 0.5) is 0 Å². The molecule has 0 aliphatic carbocycles. The molecule has 4 rings (SSSR count). The fourth-order valence-corrected chi connectivity index (χ4v) is 4.84. The van der Waals surface area contributed by atoms with Gasteiger partial charge in [0.1, 0.15) is 0 Å². The van der Waals surface area contributed by atoms with Crippen LogP contribution in [0.5, 0.6) is 0 Å². The zero-order chi connectivity index (χ0) is 19.4. The molecule has 27 heavy (non-hydrogen) atoms. The van der Waals surface area contributed by atoms with E-state index in [1.807, 2.05) is 25.4 Å². The maximum atomic E-state index is 11.8. The molecule has 1 aromatic heterocycles. The molecular formula is C22H28N2OS2. The van der Waals surface area contributed by atoms with E-state index in [2.05, 4.69) is 47.1 Å². The Balaban J connectivity index is 0.00000102. The summed E-state index contributed by atoms with van der Waals surface area (Å²) in [6, 6.07) is 13.3. The van der Waals surface area contributed by atoms with Crippen LogP contribution in [0.15, 0.2) is 46.8 Å². The quantitative estimate of drug-likeness (QED) is 0.576. The Morgan fingerprint density at radius 1 is 1.15 bits per heavy atom. The Bertz CT molecular complexity index is 935. The number of hydrogen-bond donors (Lipinski definition) is 0. The van der Waals surface area contributed by atoms with Gasteiger partial charge in [-0.3, -0.25) is 9.11 Å². The Kier molecular flexibility index (Phi) is 6.79. The number of fused-ring (bicyclic) bond motifs is 2. The SMILES string of the molecule is CC.CC(c1ccc2scnc2c1)N1CCCc2cc(S(C)=O)ccc2C1. The molecule has 0 saturated heterocycles. The molecule has 0 N–H and O–H groups in total. The molecule has 0 saturated carbocycles. The van der Waals surface area contributed by atoms with E-state index < -0.39 is 10.8 Å². The first kappa shape index (κ1) is 20.2. The maximum absolute atomic E-state index is 11.8. The van der Waals surface area contributed by atoms with Gasteiger partial charge in [0.15, 0.2) is 0 Å². The minimum Gasteiger partial charge on any atom is -0.292 e. The molecule has 0 spiro atoms. The smallest absolute Gasteiger partial charge is 0.0815 e. The summed E-state index contributed by atoms with van der Waals surface area (Å²) in [5.41, 5.74) is 7.06. The van der Waals surface area contributed by atoms with Crippen molar-refractivity contribution >= 4 is 32.4 Å². The molecule has 3 nitrogen and oxygen atoms in total. The number of nitrogens with zero attached hydrogens (tertiary/aromatic N) is 2. The van der Waals surface area contributed by atoms with E-state index >= 15 is 0 Å². The first-order valence-corrected chi connectivity index (χ1v) is 12.1. The van der Waals surface area contributed by atoms with Gasteiger partial charge in [0.25, 0.3) is 0 Å². The summed E-state index contributed by atoms with van der Waals surface area (Å²) in [7, 11) is -0.909. The lowest BCUT2D eigenvalue weighted by atomic mass is 10.0. The normalized spacial score (nSPS) is 16.7. The van der Waals surface area contributed by atoms with Crippen LogP contribution in [-0.2, 0) is 23.8 Å². The van der Waals surface area contributed by atoms with Gasteiger partial charge in [-0.05, 0) is 67.3 Å². The Hall–Kier alpha value is -1.56. The fourth-order valence-electron chi connectivity index (χ4n) is 3.61. The zero-order valence-corrected chi connectivity index (χ0v) is 18.2. The highest BCUT2D eigenvalue weighted by Gasteiger charge is 2.21. The molecule has 2 atom stereocenters. The van der Waals surface area contributed by atoms with Crippen molar-refractivity contribution in [3.8, 4) is 0 Å². The van der Waals surface area contributed by atoms with Crippen LogP contribution >= 0.6 is 11.3 Å². The van der Waals surface area contributed by atoms with E-state index in [4.69, 9.17) is 0 Å². The largest absolute Gasteiger partial charge is 0.292 e. The number of thiazole rings is 1. The standard InChI is InChI=1S/C20H22N2OS2.C2H6/c1-14(15-6-8-20-19(11-15)21-13-24-20)22-9-3-4-16-10-18(25(2)23)7-5-17(16)12-22;1-2/h5-8,10-11,13-14H,3-4,9,12H2,1-2H3;1-2H3. The summed E-state index contributed by atoms with van der Waals surface area (Å²) in [5.74, 6) is 0. The van der Waals surface area contributed by atoms with Gasteiger partial charge >= 0.3 is 0 Å². The molecule has 5 heteroatoms. The predicted molar refractivity (Wildman–Crippen MR) is 117 cm³/mol. The minimum absolute atomic E-state index is 0.358. The van der Waals surface area contributed by atoms with Crippen molar-refractivity contribution in [2.75, 3.05) is 12.8 Å². The third-order valence-corrected chi connectivity index (χ3v) is 6.89. The Labute approximate surface area is 168 Å². The molecule has 2 heterocycles. The van der Waals surface area contributed by atoms with Gasteiger partial charge in [-0.2, -0.15) is 0 Å². The van der Waals surface area contributed by atoms with Crippen molar-refractivity contribution in [2.45, 2.75) is 51.1 Å². The van der Waals surface area contributed by atoms with Gasteiger partial charge in [0, 0.05) is 34.5 Å². The molecule has 0 radical (unpaired) electrons. The summed E-state index contributed by atoms with van der Waals surface area (Å²) < 4.78 is 13.0. The summed E-state index contributed by atoms with van der Waals surface area (Å²) >= 11 is 1.69. The molecule has 1 aliphatic rings. The van der Waals surface area contributed by atoms with E-state index in [9.17, 15) is 4.21 Å². The first-order chi connectivity index (χ1) is 13.1. The topological polar surface area (TPSA) is 33.2 Å². The van der Waals surface area contributed by atoms with Crippen LogP contribution in [0.1, 0.15) is 49.9 Å². The number of rotatable bonds is 3. The van der Waals surface area contributed by atoms with Crippen molar-refractivity contribution < 1.29 is 4.21 Å². The highest BCUT2D eigenvalue weighted by Crippen LogP contribution is 2.30. The highest BCUT2D eigenvalue weighted by molar-refractivity contribution is 7.84. The van der Waals surface area contributed by atoms with Crippen LogP contribution in [0, 0.1) is 0 Å². The second kappa shape index (κ2) is 9.09. The van der Waals surface area contributed by atoms with Crippen molar-refractivity contribution in [3.05, 3.63) is 58.6 Å². The molecule has 2 unspecified atom stereocenters. The average molecular weight is 401 g/mol. The second-order valence-corrected chi connectivity index (χ2v) is 8.98. The van der Waals surface area contributed by atoms with Gasteiger partial charge in [0.05, 0.1) is 15.7 Å². The van der Waals surface area contributed by atoms with Gasteiger partial charge in [-0.1, -0.05) is 26.0 Å². The number of benzene rings is 2.